The smallest absolute Gasteiger partial charge is 0.326 e. The summed E-state index contributed by atoms with van der Waals surface area (Å²) in [6.07, 6.45) is 0.500. The third-order valence-electron chi connectivity index (χ3n) is 5.15. The minimum Gasteiger partial charge on any atom is -0.481 e. The van der Waals surface area contributed by atoms with Gasteiger partial charge in [0.2, 0.25) is 23.6 Å². The third kappa shape index (κ3) is 9.02. The van der Waals surface area contributed by atoms with Crippen LogP contribution in [0.3, 0.4) is 0 Å². The first-order valence-electron chi connectivity index (χ1n) is 10.6. The van der Waals surface area contributed by atoms with Gasteiger partial charge in [0, 0.05) is 6.54 Å². The highest BCUT2D eigenvalue weighted by atomic mass is 16.4. The van der Waals surface area contributed by atoms with Crippen LogP contribution in [0.4, 0.5) is 0 Å². The zero-order valence-corrected chi connectivity index (χ0v) is 18.2. The maximum atomic E-state index is 12.9. The van der Waals surface area contributed by atoms with Gasteiger partial charge < -0.3 is 42.9 Å². The molecule has 4 unspecified atom stereocenters. The second kappa shape index (κ2) is 13.3. The van der Waals surface area contributed by atoms with Crippen LogP contribution in [0, 0.1) is 0 Å². The lowest BCUT2D eigenvalue weighted by atomic mass is 10.1. The lowest BCUT2D eigenvalue weighted by molar-refractivity contribution is -0.149. The van der Waals surface area contributed by atoms with Gasteiger partial charge in [-0.15, -0.1) is 0 Å². The molecule has 0 aliphatic carbocycles. The number of amides is 4. The number of hydrogen-bond donors (Lipinski definition) is 7. The molecule has 1 rings (SSSR count). The van der Waals surface area contributed by atoms with Crippen LogP contribution in [-0.2, 0) is 28.8 Å². The standard InChI is InChI=1S/C19H32N6O8/c20-6-2-1-4-11(23-16(29)10(21)8-15(27)28)17(30)24-12(9-14(22)26)18(31)25-7-3-5-13(25)19(32)33/h10-13H,1-9,20-21H2,(H2,22,26)(H,23,29)(H,24,30)(H,27,28)(H,32,33). The Morgan fingerprint density at radius 3 is 2.15 bits per heavy atom. The fraction of sp³-hybridized carbons (Fsp3) is 0.684. The predicted octanol–water partition coefficient (Wildman–Crippen LogP) is -3.16. The van der Waals surface area contributed by atoms with Gasteiger partial charge in [0.25, 0.3) is 0 Å². The molecule has 14 nitrogen and oxygen atoms in total. The number of carboxylic acid groups (broad SMARTS) is 2. The van der Waals surface area contributed by atoms with Crippen molar-refractivity contribution in [3.8, 4) is 0 Å². The summed E-state index contributed by atoms with van der Waals surface area (Å²) in [5.74, 6) is -5.88. The summed E-state index contributed by atoms with van der Waals surface area (Å²) in [6.45, 7) is 0.469. The zero-order chi connectivity index (χ0) is 25.1. The number of primary amides is 1. The molecule has 1 saturated heterocycles. The molecule has 33 heavy (non-hydrogen) atoms. The van der Waals surface area contributed by atoms with Crippen molar-refractivity contribution in [3.63, 3.8) is 0 Å². The van der Waals surface area contributed by atoms with Gasteiger partial charge in [-0.1, -0.05) is 0 Å². The number of aliphatic carboxylic acids is 2. The molecule has 0 aromatic carbocycles. The van der Waals surface area contributed by atoms with Crippen LogP contribution >= 0.6 is 0 Å². The van der Waals surface area contributed by atoms with Gasteiger partial charge in [0.15, 0.2) is 0 Å². The quantitative estimate of drug-likeness (QED) is 0.125. The van der Waals surface area contributed by atoms with Crippen molar-refractivity contribution in [1.82, 2.24) is 15.5 Å². The minimum atomic E-state index is -1.43. The molecule has 0 saturated carbocycles. The Balaban J connectivity index is 2.99. The number of rotatable bonds is 14. The number of hydrogen-bond acceptors (Lipinski definition) is 8. The topological polar surface area (TPSA) is 248 Å². The first-order valence-corrected chi connectivity index (χ1v) is 10.6. The molecule has 1 aliphatic rings. The van der Waals surface area contributed by atoms with Gasteiger partial charge in [-0.3, -0.25) is 24.0 Å². The molecule has 0 aromatic heterocycles. The number of carbonyl (C=O) groups is 6. The summed E-state index contributed by atoms with van der Waals surface area (Å²) in [4.78, 5) is 72.8. The van der Waals surface area contributed by atoms with E-state index in [4.69, 9.17) is 22.3 Å². The lowest BCUT2D eigenvalue weighted by Gasteiger charge is -2.28. The number of carbonyl (C=O) groups excluding carboxylic acids is 4. The van der Waals surface area contributed by atoms with Gasteiger partial charge in [0.05, 0.1) is 18.9 Å². The molecule has 4 atom stereocenters. The first-order chi connectivity index (χ1) is 15.5. The Morgan fingerprint density at radius 1 is 0.970 bits per heavy atom. The summed E-state index contributed by atoms with van der Waals surface area (Å²) in [6, 6.07) is -5.12. The fourth-order valence-corrected chi connectivity index (χ4v) is 3.48. The number of nitrogens with two attached hydrogens (primary N) is 3. The maximum Gasteiger partial charge on any atom is 0.326 e. The van der Waals surface area contributed by atoms with E-state index >= 15 is 0 Å². The molecule has 1 heterocycles. The summed E-state index contributed by atoms with van der Waals surface area (Å²) < 4.78 is 0. The number of unbranched alkanes of at least 4 members (excludes halogenated alkanes) is 1. The highest BCUT2D eigenvalue weighted by Gasteiger charge is 2.39. The molecule has 14 heteroatoms. The van der Waals surface area contributed by atoms with E-state index in [1.54, 1.807) is 0 Å². The summed E-state index contributed by atoms with van der Waals surface area (Å²) in [5.41, 5.74) is 16.2. The van der Waals surface area contributed by atoms with Crippen LogP contribution in [0.25, 0.3) is 0 Å². The zero-order valence-electron chi connectivity index (χ0n) is 18.2. The number of nitrogens with one attached hydrogen (secondary N) is 2. The monoisotopic (exact) mass is 472 g/mol. The van der Waals surface area contributed by atoms with Gasteiger partial charge >= 0.3 is 11.9 Å². The molecule has 4 amide bonds. The van der Waals surface area contributed by atoms with Gasteiger partial charge in [0.1, 0.15) is 18.1 Å². The second-order valence-electron chi connectivity index (χ2n) is 7.81. The highest BCUT2D eigenvalue weighted by Crippen LogP contribution is 2.19. The molecule has 0 radical (unpaired) electrons. The summed E-state index contributed by atoms with van der Waals surface area (Å²) >= 11 is 0. The fourth-order valence-electron chi connectivity index (χ4n) is 3.48. The minimum absolute atomic E-state index is 0.105. The van der Waals surface area contributed by atoms with Crippen LogP contribution in [0.15, 0.2) is 0 Å². The molecule has 1 fully saturated rings. The second-order valence-corrected chi connectivity index (χ2v) is 7.81. The summed E-state index contributed by atoms with van der Waals surface area (Å²) in [5, 5.41) is 22.8. The maximum absolute atomic E-state index is 12.9. The summed E-state index contributed by atoms with van der Waals surface area (Å²) in [7, 11) is 0. The van der Waals surface area contributed by atoms with Gasteiger partial charge in [-0.2, -0.15) is 0 Å². The van der Waals surface area contributed by atoms with E-state index < -0.39 is 72.6 Å². The van der Waals surface area contributed by atoms with Crippen molar-refractivity contribution in [2.45, 2.75) is 69.1 Å². The normalized spacial score (nSPS) is 18.1. The van der Waals surface area contributed by atoms with Crippen LogP contribution in [0.5, 0.6) is 0 Å². The largest absolute Gasteiger partial charge is 0.481 e. The van der Waals surface area contributed by atoms with E-state index in [0.29, 0.717) is 25.8 Å². The Kier molecular flexibility index (Phi) is 11.2. The van der Waals surface area contributed by atoms with Crippen molar-refractivity contribution in [2.75, 3.05) is 13.1 Å². The highest BCUT2D eigenvalue weighted by molar-refractivity contribution is 5.96. The Bertz CT molecular complexity index is 761. The molecule has 10 N–H and O–H groups in total. The molecule has 1 aliphatic heterocycles. The molecular formula is C19H32N6O8. The Labute approximate surface area is 190 Å². The van der Waals surface area contributed by atoms with Crippen molar-refractivity contribution in [1.29, 1.82) is 0 Å². The lowest BCUT2D eigenvalue weighted by Crippen LogP contribution is -2.57. The Morgan fingerprint density at radius 2 is 1.61 bits per heavy atom. The van der Waals surface area contributed by atoms with E-state index in [2.05, 4.69) is 10.6 Å². The predicted molar refractivity (Wildman–Crippen MR) is 113 cm³/mol. The molecule has 186 valence electrons. The van der Waals surface area contributed by atoms with E-state index in [-0.39, 0.29) is 19.4 Å². The van der Waals surface area contributed by atoms with Crippen LogP contribution in [0.1, 0.15) is 44.9 Å². The number of nitrogens with zero attached hydrogens (tertiary/aromatic N) is 1. The van der Waals surface area contributed by atoms with E-state index in [1.165, 1.54) is 0 Å². The number of likely N-dealkylation sites (tertiary alicyclic amines) is 1. The van der Waals surface area contributed by atoms with Crippen molar-refractivity contribution in [3.05, 3.63) is 0 Å². The number of carboxylic acids is 2. The average Bonchev–Trinajstić information content (AvgIpc) is 3.21. The average molecular weight is 472 g/mol. The molecule has 0 aromatic rings. The third-order valence-corrected chi connectivity index (χ3v) is 5.15. The SMILES string of the molecule is NCCCCC(NC(=O)C(N)CC(=O)O)C(=O)NC(CC(N)=O)C(=O)N1CCCC1C(=O)O. The molecule has 0 bridgehead atoms. The van der Waals surface area contributed by atoms with Gasteiger partial charge in [-0.25, -0.2) is 4.79 Å². The van der Waals surface area contributed by atoms with Crippen LogP contribution in [-0.4, -0.2) is 87.9 Å². The van der Waals surface area contributed by atoms with E-state index in [9.17, 15) is 33.9 Å². The molecular weight excluding hydrogens is 440 g/mol. The van der Waals surface area contributed by atoms with Crippen molar-refractivity contribution < 1.29 is 39.0 Å². The van der Waals surface area contributed by atoms with E-state index in [0.717, 1.165) is 4.90 Å². The first kappa shape index (κ1) is 27.8. The van der Waals surface area contributed by atoms with Crippen LogP contribution < -0.4 is 27.8 Å². The molecule has 0 spiro atoms. The Hall–Kier alpha value is -3.26. The van der Waals surface area contributed by atoms with Crippen LogP contribution in [0.2, 0.25) is 0 Å². The van der Waals surface area contributed by atoms with Gasteiger partial charge in [-0.05, 0) is 38.6 Å². The van der Waals surface area contributed by atoms with Crippen molar-refractivity contribution in [2.24, 2.45) is 17.2 Å². The van der Waals surface area contributed by atoms with Crippen molar-refractivity contribution >= 4 is 35.6 Å². The van der Waals surface area contributed by atoms with E-state index in [1.807, 2.05) is 0 Å².